The van der Waals surface area contributed by atoms with Crippen molar-refractivity contribution in [1.29, 1.82) is 0 Å². The first-order valence-corrected chi connectivity index (χ1v) is 9.36. The molecule has 1 amide bonds. The van der Waals surface area contributed by atoms with Gasteiger partial charge in [0, 0.05) is 18.4 Å². The molecule has 7 heteroatoms. The van der Waals surface area contributed by atoms with E-state index in [0.717, 1.165) is 5.56 Å². The third-order valence-electron chi connectivity index (χ3n) is 3.78. The Kier molecular flexibility index (Phi) is 6.44. The predicted octanol–water partition coefficient (Wildman–Crippen LogP) is 1.66. The molecule has 2 aromatic rings. The number of pyridine rings is 1. The van der Waals surface area contributed by atoms with E-state index in [1.54, 1.807) is 6.07 Å². The Bertz CT molecular complexity index is 808. The Labute approximate surface area is 147 Å². The molecule has 0 fully saturated rings. The van der Waals surface area contributed by atoms with Gasteiger partial charge in [0.1, 0.15) is 5.25 Å². The third-order valence-corrected chi connectivity index (χ3v) is 5.51. The highest BCUT2D eigenvalue weighted by molar-refractivity contribution is 7.90. The van der Waals surface area contributed by atoms with Crippen LogP contribution in [0.1, 0.15) is 22.3 Å². The Hall–Kier alpha value is -2.51. The highest BCUT2D eigenvalue weighted by Gasteiger charge is 2.30. The first-order chi connectivity index (χ1) is 11.9. The van der Waals surface area contributed by atoms with Crippen LogP contribution >= 0.6 is 0 Å². The summed E-state index contributed by atoms with van der Waals surface area (Å²) in [6.07, 6.45) is 5.13. The molecule has 2 atom stereocenters. The molecule has 0 saturated carbocycles. The van der Waals surface area contributed by atoms with E-state index in [2.05, 4.69) is 11.6 Å². The lowest BCUT2D eigenvalue weighted by Crippen LogP contribution is -2.46. The third kappa shape index (κ3) is 5.23. The van der Waals surface area contributed by atoms with Crippen LogP contribution in [0.3, 0.4) is 0 Å². The number of amides is 1. The molecule has 1 aromatic heterocycles. The number of benzene rings is 1. The summed E-state index contributed by atoms with van der Waals surface area (Å²) in [7, 11) is -3.99. The maximum absolute atomic E-state index is 12.5. The molecule has 1 aromatic carbocycles. The minimum atomic E-state index is -3.99. The molecular formula is C18H21N3O3S. The van der Waals surface area contributed by atoms with Crippen molar-refractivity contribution in [2.45, 2.75) is 24.1 Å². The molecule has 0 aliphatic rings. The molecule has 0 aliphatic carbocycles. The average Bonchev–Trinajstić information content (AvgIpc) is 2.61. The fraction of sp³-hybridized carbons (Fsp3) is 0.222. The number of sulfonamides is 1. The lowest BCUT2D eigenvalue weighted by molar-refractivity contribution is 0.0981. The van der Waals surface area contributed by atoms with Gasteiger partial charge in [0.15, 0.2) is 0 Å². The molecule has 0 saturated heterocycles. The van der Waals surface area contributed by atoms with Crippen LogP contribution in [0.4, 0.5) is 0 Å². The number of aromatic nitrogens is 1. The molecule has 6 nitrogen and oxygen atoms in total. The maximum atomic E-state index is 12.5. The fourth-order valence-corrected chi connectivity index (χ4v) is 3.79. The number of carbonyl (C=O) groups excluding carboxylic acids is 1. The van der Waals surface area contributed by atoms with Crippen molar-refractivity contribution in [3.8, 4) is 0 Å². The van der Waals surface area contributed by atoms with Gasteiger partial charge in [0.25, 0.3) is 5.91 Å². The van der Waals surface area contributed by atoms with Crippen LogP contribution in [0.2, 0.25) is 0 Å². The second-order valence-electron chi connectivity index (χ2n) is 5.61. The number of hydrogen-bond acceptors (Lipinski definition) is 5. The fourth-order valence-electron chi connectivity index (χ4n) is 2.43. The standard InChI is InChI=1S/C18H21N3O3S/c1-2-17(16(19)11-10-14-7-4-3-5-8-14)25(23,24)21-18(22)15-9-6-12-20-13-15/h2-9,12-13,16-17H,1,10-11,19H2,(H,21,22). The van der Waals surface area contributed by atoms with Crippen LogP contribution in [-0.2, 0) is 16.4 Å². The van der Waals surface area contributed by atoms with Gasteiger partial charge in [-0.15, -0.1) is 6.58 Å². The molecule has 2 unspecified atom stereocenters. The van der Waals surface area contributed by atoms with Crippen molar-refractivity contribution < 1.29 is 13.2 Å². The zero-order valence-corrected chi connectivity index (χ0v) is 14.5. The molecule has 0 bridgehead atoms. The molecule has 25 heavy (non-hydrogen) atoms. The van der Waals surface area contributed by atoms with E-state index in [1.165, 1.54) is 24.5 Å². The van der Waals surface area contributed by atoms with Gasteiger partial charge in [-0.2, -0.15) is 0 Å². The van der Waals surface area contributed by atoms with Crippen LogP contribution < -0.4 is 10.5 Å². The van der Waals surface area contributed by atoms with Gasteiger partial charge in [-0.05, 0) is 30.5 Å². The van der Waals surface area contributed by atoms with Crippen LogP contribution in [0.5, 0.6) is 0 Å². The molecule has 0 spiro atoms. The van der Waals surface area contributed by atoms with Crippen molar-refractivity contribution in [2.24, 2.45) is 5.73 Å². The van der Waals surface area contributed by atoms with Gasteiger partial charge >= 0.3 is 0 Å². The number of nitrogens with zero attached hydrogens (tertiary/aromatic N) is 1. The number of aryl methyl sites for hydroxylation is 1. The number of carbonyl (C=O) groups is 1. The van der Waals surface area contributed by atoms with Crippen LogP contribution in [0.25, 0.3) is 0 Å². The van der Waals surface area contributed by atoms with Crippen LogP contribution in [-0.4, -0.2) is 30.6 Å². The smallest absolute Gasteiger partial charge is 0.266 e. The van der Waals surface area contributed by atoms with Crippen molar-refractivity contribution >= 4 is 15.9 Å². The van der Waals surface area contributed by atoms with Gasteiger partial charge in [-0.3, -0.25) is 9.78 Å². The van der Waals surface area contributed by atoms with E-state index in [4.69, 9.17) is 5.73 Å². The molecule has 3 N–H and O–H groups in total. The molecule has 0 aliphatic heterocycles. The Balaban J connectivity index is 2.04. The van der Waals surface area contributed by atoms with Gasteiger partial charge < -0.3 is 5.73 Å². The first kappa shape index (κ1) is 18.8. The van der Waals surface area contributed by atoms with Crippen LogP contribution in [0.15, 0.2) is 67.5 Å². The Morgan fingerprint density at radius 3 is 2.56 bits per heavy atom. The topological polar surface area (TPSA) is 102 Å². The second kappa shape index (κ2) is 8.55. The van der Waals surface area contributed by atoms with E-state index in [-0.39, 0.29) is 5.56 Å². The van der Waals surface area contributed by atoms with Crippen molar-refractivity contribution in [3.05, 3.63) is 78.6 Å². The lowest BCUT2D eigenvalue weighted by Gasteiger charge is -2.21. The zero-order chi connectivity index (χ0) is 18.3. The summed E-state index contributed by atoms with van der Waals surface area (Å²) in [6, 6.07) is 12.0. The van der Waals surface area contributed by atoms with Gasteiger partial charge in [-0.25, -0.2) is 13.1 Å². The summed E-state index contributed by atoms with van der Waals surface area (Å²) in [5, 5.41) is -1.07. The van der Waals surface area contributed by atoms with Crippen molar-refractivity contribution in [2.75, 3.05) is 0 Å². The SMILES string of the molecule is C=CC(C(N)CCc1ccccc1)S(=O)(=O)NC(=O)c1cccnc1. The average molecular weight is 359 g/mol. The van der Waals surface area contributed by atoms with E-state index in [0.29, 0.717) is 12.8 Å². The van der Waals surface area contributed by atoms with Gasteiger partial charge in [-0.1, -0.05) is 36.4 Å². The Morgan fingerprint density at radius 1 is 1.24 bits per heavy atom. The molecular weight excluding hydrogens is 338 g/mol. The zero-order valence-electron chi connectivity index (χ0n) is 13.7. The minimum absolute atomic E-state index is 0.159. The molecule has 2 rings (SSSR count). The Morgan fingerprint density at radius 2 is 1.96 bits per heavy atom. The number of rotatable bonds is 8. The van der Waals surface area contributed by atoms with Crippen molar-refractivity contribution in [1.82, 2.24) is 9.71 Å². The van der Waals surface area contributed by atoms with E-state index in [9.17, 15) is 13.2 Å². The highest BCUT2D eigenvalue weighted by Crippen LogP contribution is 2.12. The van der Waals surface area contributed by atoms with Gasteiger partial charge in [0.2, 0.25) is 10.0 Å². The lowest BCUT2D eigenvalue weighted by atomic mass is 10.0. The summed E-state index contributed by atoms with van der Waals surface area (Å²) in [6.45, 7) is 3.56. The summed E-state index contributed by atoms with van der Waals surface area (Å²) in [5.41, 5.74) is 7.29. The molecule has 132 valence electrons. The number of nitrogens with two attached hydrogens (primary N) is 1. The quantitative estimate of drug-likeness (QED) is 0.698. The summed E-state index contributed by atoms with van der Waals surface area (Å²) in [4.78, 5) is 15.9. The largest absolute Gasteiger partial charge is 0.326 e. The van der Waals surface area contributed by atoms with Crippen LogP contribution in [0, 0.1) is 0 Å². The van der Waals surface area contributed by atoms with E-state index >= 15 is 0 Å². The summed E-state index contributed by atoms with van der Waals surface area (Å²) < 4.78 is 27.0. The van der Waals surface area contributed by atoms with E-state index < -0.39 is 27.2 Å². The predicted molar refractivity (Wildman–Crippen MR) is 97.3 cm³/mol. The normalized spacial score (nSPS) is 13.6. The number of nitrogens with one attached hydrogen (secondary N) is 1. The van der Waals surface area contributed by atoms with Crippen molar-refractivity contribution in [3.63, 3.8) is 0 Å². The van der Waals surface area contributed by atoms with E-state index in [1.807, 2.05) is 35.1 Å². The molecule has 1 heterocycles. The first-order valence-electron chi connectivity index (χ1n) is 7.82. The minimum Gasteiger partial charge on any atom is -0.326 e. The van der Waals surface area contributed by atoms with Gasteiger partial charge in [0.05, 0.1) is 5.56 Å². The summed E-state index contributed by atoms with van der Waals surface area (Å²) >= 11 is 0. The monoisotopic (exact) mass is 359 g/mol. The highest BCUT2D eigenvalue weighted by atomic mass is 32.2. The maximum Gasteiger partial charge on any atom is 0.266 e. The number of hydrogen-bond donors (Lipinski definition) is 2. The summed E-state index contributed by atoms with van der Waals surface area (Å²) in [5.74, 6) is -0.741. The molecule has 0 radical (unpaired) electrons. The second-order valence-corrected chi connectivity index (χ2v) is 7.44.